The van der Waals surface area contributed by atoms with Crippen molar-refractivity contribution in [3.05, 3.63) is 61.8 Å². The van der Waals surface area contributed by atoms with Crippen molar-refractivity contribution < 1.29 is 19.2 Å². The molecule has 0 N–H and O–H groups in total. The SMILES string of the molecule is CCOC(=O)c1ccc2c(c1)sc(=NC(=O)/C=C/c1ccc([N+](=O)[O-])s1)n2C. The third kappa shape index (κ3) is 4.24. The van der Waals surface area contributed by atoms with E-state index in [9.17, 15) is 19.7 Å². The van der Waals surface area contributed by atoms with E-state index in [0.717, 1.165) is 21.6 Å². The summed E-state index contributed by atoms with van der Waals surface area (Å²) in [5, 5.41) is 10.7. The molecular formula is C18H15N3O5S2. The Hall–Kier alpha value is -3.11. The Morgan fingerprint density at radius 2 is 2.07 bits per heavy atom. The fraction of sp³-hybridized carbons (Fsp3) is 0.167. The number of benzene rings is 1. The molecule has 2 heterocycles. The number of rotatable bonds is 5. The molecule has 28 heavy (non-hydrogen) atoms. The first-order valence-corrected chi connectivity index (χ1v) is 9.80. The molecule has 144 valence electrons. The van der Waals surface area contributed by atoms with Gasteiger partial charge in [0.15, 0.2) is 4.80 Å². The largest absolute Gasteiger partial charge is 0.462 e. The second-order valence-corrected chi connectivity index (χ2v) is 7.67. The van der Waals surface area contributed by atoms with E-state index in [1.807, 2.05) is 0 Å². The first-order valence-electron chi connectivity index (χ1n) is 8.16. The minimum absolute atomic E-state index is 0.0114. The standard InChI is InChI=1S/C18H15N3O5S2/c1-3-26-17(23)11-4-7-13-14(10-11)28-18(20(13)2)19-15(22)8-5-12-6-9-16(27-12)21(24)25/h4-10H,3H2,1-2H3/b8-5+,19-18?. The number of hydrogen-bond acceptors (Lipinski definition) is 7. The average molecular weight is 417 g/mol. The lowest BCUT2D eigenvalue weighted by atomic mass is 10.2. The highest BCUT2D eigenvalue weighted by Gasteiger charge is 2.11. The number of thiazole rings is 1. The summed E-state index contributed by atoms with van der Waals surface area (Å²) in [5.41, 5.74) is 1.27. The lowest BCUT2D eigenvalue weighted by Crippen LogP contribution is -2.12. The van der Waals surface area contributed by atoms with Crippen LogP contribution in [0.3, 0.4) is 0 Å². The van der Waals surface area contributed by atoms with Gasteiger partial charge in [-0.15, -0.1) is 0 Å². The third-order valence-electron chi connectivity index (χ3n) is 3.71. The Morgan fingerprint density at radius 3 is 2.75 bits per heavy atom. The number of carbonyl (C=O) groups is 2. The number of fused-ring (bicyclic) bond motifs is 1. The molecule has 2 aromatic heterocycles. The van der Waals surface area contributed by atoms with Crippen molar-refractivity contribution in [1.29, 1.82) is 0 Å². The van der Waals surface area contributed by atoms with E-state index in [1.54, 1.807) is 42.8 Å². The molecule has 0 spiro atoms. The van der Waals surface area contributed by atoms with Gasteiger partial charge in [-0.1, -0.05) is 22.7 Å². The second-order valence-electron chi connectivity index (χ2n) is 5.56. The van der Waals surface area contributed by atoms with Crippen LogP contribution in [0.4, 0.5) is 5.00 Å². The predicted molar refractivity (Wildman–Crippen MR) is 107 cm³/mol. The molecule has 1 amide bonds. The summed E-state index contributed by atoms with van der Waals surface area (Å²) in [6.45, 7) is 2.04. The van der Waals surface area contributed by atoms with E-state index >= 15 is 0 Å². The minimum Gasteiger partial charge on any atom is -0.462 e. The molecule has 0 atom stereocenters. The summed E-state index contributed by atoms with van der Waals surface area (Å²) in [7, 11) is 1.78. The van der Waals surface area contributed by atoms with Crippen LogP contribution in [-0.4, -0.2) is 28.0 Å². The quantitative estimate of drug-likeness (QED) is 0.273. The molecule has 1 aromatic carbocycles. The van der Waals surface area contributed by atoms with Crippen molar-refractivity contribution in [3.63, 3.8) is 0 Å². The molecule has 0 saturated carbocycles. The van der Waals surface area contributed by atoms with Crippen LogP contribution in [0.5, 0.6) is 0 Å². The maximum atomic E-state index is 12.2. The van der Waals surface area contributed by atoms with Gasteiger partial charge in [0.1, 0.15) is 0 Å². The normalized spacial score (nSPS) is 12.0. The zero-order chi connectivity index (χ0) is 20.3. The van der Waals surface area contributed by atoms with Gasteiger partial charge in [0.2, 0.25) is 0 Å². The molecule has 0 aliphatic carbocycles. The van der Waals surface area contributed by atoms with Crippen LogP contribution in [0.2, 0.25) is 0 Å². The number of nitro groups is 1. The second kappa shape index (κ2) is 8.28. The first kappa shape index (κ1) is 19.6. The van der Waals surface area contributed by atoms with E-state index in [2.05, 4.69) is 4.99 Å². The Balaban J connectivity index is 1.86. The molecule has 0 fully saturated rings. The Kier molecular flexibility index (Phi) is 5.81. The minimum atomic E-state index is -0.483. The number of carbonyl (C=O) groups excluding carboxylic acids is 2. The molecule has 0 saturated heterocycles. The van der Waals surface area contributed by atoms with E-state index in [1.165, 1.54) is 29.6 Å². The van der Waals surface area contributed by atoms with Gasteiger partial charge in [0.05, 0.1) is 27.3 Å². The fourth-order valence-corrected chi connectivity index (χ4v) is 4.18. The summed E-state index contributed by atoms with van der Waals surface area (Å²) in [6.07, 6.45) is 2.76. The maximum absolute atomic E-state index is 12.2. The van der Waals surface area contributed by atoms with Crippen LogP contribution < -0.4 is 4.80 Å². The van der Waals surface area contributed by atoms with Gasteiger partial charge in [-0.2, -0.15) is 4.99 Å². The molecular weight excluding hydrogens is 402 g/mol. The number of ether oxygens (including phenoxy) is 1. The number of esters is 1. The Labute approximate surface area is 167 Å². The highest BCUT2D eigenvalue weighted by atomic mass is 32.1. The monoisotopic (exact) mass is 417 g/mol. The molecule has 8 nitrogen and oxygen atoms in total. The van der Waals surface area contributed by atoms with Crippen molar-refractivity contribution in [2.24, 2.45) is 12.0 Å². The summed E-state index contributed by atoms with van der Waals surface area (Å²) >= 11 is 2.26. The van der Waals surface area contributed by atoms with Crippen molar-refractivity contribution in [2.45, 2.75) is 6.92 Å². The molecule has 0 radical (unpaired) electrons. The average Bonchev–Trinajstić information content (AvgIpc) is 3.25. The van der Waals surface area contributed by atoms with Gasteiger partial charge >= 0.3 is 11.0 Å². The van der Waals surface area contributed by atoms with Gasteiger partial charge in [-0.25, -0.2) is 4.79 Å². The van der Waals surface area contributed by atoms with Gasteiger partial charge in [-0.3, -0.25) is 14.9 Å². The van der Waals surface area contributed by atoms with Gasteiger partial charge < -0.3 is 9.30 Å². The number of aryl methyl sites for hydroxylation is 1. The van der Waals surface area contributed by atoms with Gasteiger partial charge in [-0.05, 0) is 37.3 Å². The highest BCUT2D eigenvalue weighted by molar-refractivity contribution is 7.16. The summed E-state index contributed by atoms with van der Waals surface area (Å²) in [4.78, 5) is 39.4. The summed E-state index contributed by atoms with van der Waals surface area (Å²) < 4.78 is 7.56. The maximum Gasteiger partial charge on any atom is 0.338 e. The smallest absolute Gasteiger partial charge is 0.338 e. The van der Waals surface area contributed by atoms with Crippen molar-refractivity contribution in [1.82, 2.24) is 4.57 Å². The fourth-order valence-electron chi connectivity index (χ4n) is 2.40. The number of thiophene rings is 1. The topological polar surface area (TPSA) is 104 Å². The molecule has 3 aromatic rings. The number of hydrogen-bond donors (Lipinski definition) is 0. The van der Waals surface area contributed by atoms with Crippen molar-refractivity contribution >= 4 is 55.8 Å². The van der Waals surface area contributed by atoms with Crippen LogP contribution in [0.25, 0.3) is 16.3 Å². The lowest BCUT2D eigenvalue weighted by Gasteiger charge is -2.01. The van der Waals surface area contributed by atoms with Crippen molar-refractivity contribution in [3.8, 4) is 0 Å². The molecule has 0 bridgehead atoms. The zero-order valence-corrected chi connectivity index (χ0v) is 16.6. The highest BCUT2D eigenvalue weighted by Crippen LogP contribution is 2.24. The summed E-state index contributed by atoms with van der Waals surface area (Å²) in [6, 6.07) is 8.12. The predicted octanol–water partition coefficient (Wildman–Crippen LogP) is 3.53. The number of aromatic nitrogens is 1. The van der Waals surface area contributed by atoms with Crippen molar-refractivity contribution in [2.75, 3.05) is 6.61 Å². The van der Waals surface area contributed by atoms with Crippen LogP contribution in [0, 0.1) is 10.1 Å². The van der Waals surface area contributed by atoms with E-state index in [4.69, 9.17) is 4.74 Å². The van der Waals surface area contributed by atoms with Gasteiger partial charge in [0, 0.05) is 24.1 Å². The third-order valence-corrected chi connectivity index (χ3v) is 5.81. The molecule has 0 aliphatic rings. The molecule has 3 rings (SSSR count). The lowest BCUT2D eigenvalue weighted by molar-refractivity contribution is -0.380. The van der Waals surface area contributed by atoms with E-state index in [-0.39, 0.29) is 5.00 Å². The number of amides is 1. The zero-order valence-electron chi connectivity index (χ0n) is 14.9. The molecule has 0 unspecified atom stereocenters. The van der Waals surface area contributed by atoms with Crippen LogP contribution >= 0.6 is 22.7 Å². The molecule has 0 aliphatic heterocycles. The van der Waals surface area contributed by atoms with E-state index < -0.39 is 16.8 Å². The van der Waals surface area contributed by atoms with Crippen LogP contribution in [0.15, 0.2) is 41.4 Å². The Bertz CT molecular complexity index is 1170. The van der Waals surface area contributed by atoms with Crippen LogP contribution in [0.1, 0.15) is 22.2 Å². The first-order chi connectivity index (χ1) is 13.4. The Morgan fingerprint density at radius 1 is 1.29 bits per heavy atom. The van der Waals surface area contributed by atoms with Crippen LogP contribution in [-0.2, 0) is 16.6 Å². The molecule has 10 heteroatoms. The summed E-state index contributed by atoms with van der Waals surface area (Å²) in [5.74, 6) is -0.883. The number of nitrogens with zero attached hydrogens (tertiary/aromatic N) is 3. The van der Waals surface area contributed by atoms with Gasteiger partial charge in [0.25, 0.3) is 5.91 Å². The van der Waals surface area contributed by atoms with E-state index in [0.29, 0.717) is 21.8 Å².